The van der Waals surface area contributed by atoms with Crippen LogP contribution in [0.25, 0.3) is 0 Å². The molecule has 1 amide bonds. The predicted molar refractivity (Wildman–Crippen MR) is 101 cm³/mol. The van der Waals surface area contributed by atoms with Crippen LogP contribution in [0, 0.1) is 13.0 Å². The Hall–Kier alpha value is -2.29. The first-order valence-electron chi connectivity index (χ1n) is 7.50. The molecular formula is C16H11Cl3FN5O2. The van der Waals surface area contributed by atoms with E-state index in [-0.39, 0.29) is 16.4 Å². The molecule has 1 aliphatic heterocycles. The summed E-state index contributed by atoms with van der Waals surface area (Å²) in [5.74, 6) is -0.942. The summed E-state index contributed by atoms with van der Waals surface area (Å²) in [5, 5.41) is 8.84. The molecule has 7 nitrogen and oxygen atoms in total. The van der Waals surface area contributed by atoms with Gasteiger partial charge >= 0.3 is 12.0 Å². The van der Waals surface area contributed by atoms with Gasteiger partial charge in [-0.3, -0.25) is 4.79 Å². The molecule has 1 aromatic heterocycles. The van der Waals surface area contributed by atoms with Crippen molar-refractivity contribution in [1.82, 2.24) is 9.97 Å². The Morgan fingerprint density at radius 3 is 2.48 bits per heavy atom. The third-order valence-electron chi connectivity index (χ3n) is 3.52. The van der Waals surface area contributed by atoms with E-state index in [0.717, 1.165) is 5.56 Å². The molecule has 0 aliphatic carbocycles. The summed E-state index contributed by atoms with van der Waals surface area (Å²) >= 11 is 17.3. The second kappa shape index (κ2) is 7.75. The number of halogens is 4. The highest BCUT2D eigenvalue weighted by Gasteiger charge is 2.31. The Morgan fingerprint density at radius 2 is 1.85 bits per heavy atom. The minimum absolute atomic E-state index is 0.0829. The minimum atomic E-state index is -1.20. The number of anilines is 1. The van der Waals surface area contributed by atoms with Crippen LogP contribution in [0.1, 0.15) is 23.0 Å². The molecule has 11 heteroatoms. The molecule has 0 atom stereocenters. The predicted octanol–water partition coefficient (Wildman–Crippen LogP) is 4.21. The molecule has 0 bridgehead atoms. The number of hydrogen-bond acceptors (Lipinski definition) is 6. The Balaban J connectivity index is 1.88. The van der Waals surface area contributed by atoms with E-state index in [9.17, 15) is 9.18 Å². The molecule has 0 radical (unpaired) electrons. The fraction of sp³-hybridized carbons (Fsp3) is 0.188. The zero-order chi connectivity index (χ0) is 19.7. The number of hydrogen-bond donors (Lipinski definition) is 0. The Labute approximate surface area is 168 Å². The molecule has 27 heavy (non-hydrogen) atoms. The van der Waals surface area contributed by atoms with Gasteiger partial charge in [-0.05, 0) is 26.0 Å². The van der Waals surface area contributed by atoms with E-state index in [1.807, 2.05) is 19.1 Å². The average Bonchev–Trinajstić information content (AvgIpc) is 2.90. The van der Waals surface area contributed by atoms with Gasteiger partial charge in [-0.15, -0.1) is 0 Å². The fourth-order valence-electron chi connectivity index (χ4n) is 2.17. The van der Waals surface area contributed by atoms with E-state index >= 15 is 0 Å². The normalized spacial score (nSPS) is 15.7. The number of aryl methyl sites for hydroxylation is 1. The SMILES string of the molecule is CC1=NN(c2ccc(C)cc2)C(=O)C1=NOc1nc(F)nc(C(Cl)Cl)c1Cl. The molecule has 0 N–H and O–H groups in total. The summed E-state index contributed by atoms with van der Waals surface area (Å²) in [6, 6.07) is 7.19. The molecule has 0 unspecified atom stereocenters. The van der Waals surface area contributed by atoms with Gasteiger partial charge in [-0.2, -0.15) is 19.5 Å². The van der Waals surface area contributed by atoms with Gasteiger partial charge in [0, 0.05) is 0 Å². The van der Waals surface area contributed by atoms with Crippen molar-refractivity contribution in [1.29, 1.82) is 0 Å². The summed E-state index contributed by atoms with van der Waals surface area (Å²) in [6.45, 7) is 3.51. The van der Waals surface area contributed by atoms with Gasteiger partial charge in [0.15, 0.2) is 10.5 Å². The third-order valence-corrected chi connectivity index (χ3v) is 4.28. The maximum absolute atomic E-state index is 13.5. The van der Waals surface area contributed by atoms with Gasteiger partial charge in [0.25, 0.3) is 5.88 Å². The van der Waals surface area contributed by atoms with Crippen LogP contribution < -0.4 is 9.85 Å². The highest BCUT2D eigenvalue weighted by Crippen LogP contribution is 2.34. The van der Waals surface area contributed by atoms with Crippen LogP contribution in [0.2, 0.25) is 5.02 Å². The molecule has 0 spiro atoms. The second-order valence-electron chi connectivity index (χ2n) is 5.47. The summed E-state index contributed by atoms with van der Waals surface area (Å²) in [7, 11) is 0. The number of amides is 1. The van der Waals surface area contributed by atoms with E-state index in [1.165, 1.54) is 5.01 Å². The first-order chi connectivity index (χ1) is 12.8. The standard InChI is InChI=1S/C16H11Cl3FN5O2/c1-7-3-5-9(6-4-7)25-15(26)11(8(2)23-25)24-27-14-10(17)12(13(18)19)21-16(20)22-14/h3-6,13H,1-2H3. The van der Waals surface area contributed by atoms with Crippen molar-refractivity contribution in [2.75, 3.05) is 5.01 Å². The molecular weight excluding hydrogens is 420 g/mol. The van der Waals surface area contributed by atoms with Crippen molar-refractivity contribution in [3.63, 3.8) is 0 Å². The highest BCUT2D eigenvalue weighted by molar-refractivity contribution is 6.71. The number of benzene rings is 1. The maximum Gasteiger partial charge on any atom is 0.312 e. The lowest BCUT2D eigenvalue weighted by molar-refractivity contribution is -0.112. The lowest BCUT2D eigenvalue weighted by Gasteiger charge is -2.11. The van der Waals surface area contributed by atoms with Gasteiger partial charge in [-0.25, -0.2) is 4.98 Å². The molecule has 140 valence electrons. The van der Waals surface area contributed by atoms with Gasteiger partial charge < -0.3 is 4.84 Å². The number of hydrazone groups is 1. The van der Waals surface area contributed by atoms with Crippen LogP contribution in [0.4, 0.5) is 10.1 Å². The van der Waals surface area contributed by atoms with Crippen LogP contribution in [0.15, 0.2) is 34.5 Å². The van der Waals surface area contributed by atoms with E-state index < -0.39 is 22.7 Å². The summed E-state index contributed by atoms with van der Waals surface area (Å²) in [6.07, 6.45) is -1.15. The molecule has 0 saturated heterocycles. The van der Waals surface area contributed by atoms with Gasteiger partial charge in [0.05, 0.1) is 11.4 Å². The molecule has 0 saturated carbocycles. The first-order valence-corrected chi connectivity index (χ1v) is 8.75. The van der Waals surface area contributed by atoms with Gasteiger partial charge in [0.2, 0.25) is 0 Å². The number of alkyl halides is 2. The van der Waals surface area contributed by atoms with Crippen LogP contribution in [0.5, 0.6) is 5.88 Å². The number of oxime groups is 1. The quantitative estimate of drug-likeness (QED) is 0.413. The largest absolute Gasteiger partial charge is 0.334 e. The smallest absolute Gasteiger partial charge is 0.312 e. The van der Waals surface area contributed by atoms with Gasteiger partial charge in [0.1, 0.15) is 10.7 Å². The van der Waals surface area contributed by atoms with Crippen molar-refractivity contribution in [2.45, 2.75) is 18.7 Å². The Morgan fingerprint density at radius 1 is 1.19 bits per heavy atom. The molecule has 1 aliphatic rings. The van der Waals surface area contributed by atoms with E-state index in [0.29, 0.717) is 11.4 Å². The third kappa shape index (κ3) is 4.02. The van der Waals surface area contributed by atoms with Crippen molar-refractivity contribution in [2.24, 2.45) is 10.3 Å². The molecule has 2 aromatic rings. The van der Waals surface area contributed by atoms with Gasteiger partial charge in [-0.1, -0.05) is 57.7 Å². The maximum atomic E-state index is 13.5. The fourth-order valence-corrected chi connectivity index (χ4v) is 2.83. The van der Waals surface area contributed by atoms with E-state index in [4.69, 9.17) is 39.6 Å². The second-order valence-corrected chi connectivity index (χ2v) is 6.94. The number of rotatable bonds is 4. The van der Waals surface area contributed by atoms with Crippen LogP contribution in [0.3, 0.4) is 0 Å². The van der Waals surface area contributed by atoms with Crippen LogP contribution in [-0.4, -0.2) is 27.3 Å². The number of nitrogens with zero attached hydrogens (tertiary/aromatic N) is 5. The first kappa shape index (κ1) is 19.5. The van der Waals surface area contributed by atoms with Crippen molar-refractivity contribution < 1.29 is 14.0 Å². The molecule has 1 aromatic carbocycles. The Kier molecular flexibility index (Phi) is 5.59. The lowest BCUT2D eigenvalue weighted by atomic mass is 10.2. The summed E-state index contributed by atoms with van der Waals surface area (Å²) < 4.78 is 13.5. The Bertz CT molecular complexity index is 963. The molecule has 3 rings (SSSR count). The topological polar surface area (TPSA) is 80.0 Å². The zero-order valence-electron chi connectivity index (χ0n) is 14.0. The van der Waals surface area contributed by atoms with Crippen LogP contribution in [-0.2, 0) is 4.79 Å². The van der Waals surface area contributed by atoms with Crippen molar-refractivity contribution in [3.8, 4) is 5.88 Å². The average molecular weight is 431 g/mol. The van der Waals surface area contributed by atoms with E-state index in [1.54, 1.807) is 19.1 Å². The summed E-state index contributed by atoms with van der Waals surface area (Å²) in [5.41, 5.74) is 1.65. The number of aromatic nitrogens is 2. The molecule has 2 heterocycles. The minimum Gasteiger partial charge on any atom is -0.334 e. The number of carbonyl (C=O) groups is 1. The van der Waals surface area contributed by atoms with Crippen LogP contribution >= 0.6 is 34.8 Å². The van der Waals surface area contributed by atoms with Crippen molar-refractivity contribution in [3.05, 3.63) is 46.6 Å². The monoisotopic (exact) mass is 429 g/mol. The highest BCUT2D eigenvalue weighted by atomic mass is 35.5. The van der Waals surface area contributed by atoms with Crippen molar-refractivity contribution >= 4 is 57.8 Å². The zero-order valence-corrected chi connectivity index (χ0v) is 16.2. The number of carbonyl (C=O) groups excluding carboxylic acids is 1. The van der Waals surface area contributed by atoms with E-state index in [2.05, 4.69) is 20.2 Å². The molecule has 0 fully saturated rings. The lowest BCUT2D eigenvalue weighted by Crippen LogP contribution is -2.27. The summed E-state index contributed by atoms with van der Waals surface area (Å²) in [4.78, 5) is 23.2.